The van der Waals surface area contributed by atoms with Gasteiger partial charge < -0.3 is 19.4 Å². The van der Waals surface area contributed by atoms with Gasteiger partial charge in [-0.25, -0.2) is 0 Å². The molecule has 174 valence electrons. The summed E-state index contributed by atoms with van der Waals surface area (Å²) >= 11 is 0. The Labute approximate surface area is 190 Å². The van der Waals surface area contributed by atoms with Gasteiger partial charge in [-0.2, -0.15) is 0 Å². The van der Waals surface area contributed by atoms with Crippen LogP contribution >= 0.6 is 0 Å². The van der Waals surface area contributed by atoms with Crippen molar-refractivity contribution in [2.24, 2.45) is 11.8 Å². The Morgan fingerprint density at radius 3 is 2.00 bits per heavy atom. The SMILES string of the molecule is O=C(COc1ccccc1)N1CCC(C(=O)N2CCN(C(=O)CC3CCCC3)CC2)CC1. The third-order valence-electron chi connectivity index (χ3n) is 7.18. The van der Waals surface area contributed by atoms with E-state index in [0.717, 1.165) is 0 Å². The van der Waals surface area contributed by atoms with E-state index in [-0.39, 0.29) is 30.2 Å². The van der Waals surface area contributed by atoms with E-state index in [4.69, 9.17) is 4.74 Å². The molecule has 7 nitrogen and oxygen atoms in total. The molecule has 2 heterocycles. The van der Waals surface area contributed by atoms with E-state index in [2.05, 4.69) is 0 Å². The van der Waals surface area contributed by atoms with Gasteiger partial charge >= 0.3 is 0 Å². The molecule has 2 saturated heterocycles. The van der Waals surface area contributed by atoms with Crippen LogP contribution in [0.25, 0.3) is 0 Å². The van der Waals surface area contributed by atoms with Crippen LogP contribution < -0.4 is 4.74 Å². The molecule has 0 aromatic heterocycles. The van der Waals surface area contributed by atoms with Crippen molar-refractivity contribution in [1.82, 2.24) is 14.7 Å². The van der Waals surface area contributed by atoms with Gasteiger partial charge in [0.25, 0.3) is 5.91 Å². The topological polar surface area (TPSA) is 70.2 Å². The van der Waals surface area contributed by atoms with Gasteiger partial charge in [0.05, 0.1) is 0 Å². The maximum Gasteiger partial charge on any atom is 0.260 e. The Kier molecular flexibility index (Phi) is 7.66. The molecular formula is C25H35N3O4. The van der Waals surface area contributed by atoms with E-state index in [1.54, 1.807) is 4.90 Å². The summed E-state index contributed by atoms with van der Waals surface area (Å²) in [4.78, 5) is 43.6. The van der Waals surface area contributed by atoms with Gasteiger partial charge in [0.1, 0.15) is 5.75 Å². The first-order valence-corrected chi connectivity index (χ1v) is 12.1. The zero-order valence-corrected chi connectivity index (χ0v) is 18.9. The van der Waals surface area contributed by atoms with Gasteiger partial charge in [0.15, 0.2) is 6.61 Å². The molecule has 4 rings (SSSR count). The molecule has 0 unspecified atom stereocenters. The highest BCUT2D eigenvalue weighted by molar-refractivity contribution is 5.81. The van der Waals surface area contributed by atoms with Gasteiger partial charge in [-0.1, -0.05) is 31.0 Å². The number of piperazine rings is 1. The molecule has 0 bridgehead atoms. The molecule has 3 aliphatic rings. The lowest BCUT2D eigenvalue weighted by Gasteiger charge is -2.38. The van der Waals surface area contributed by atoms with Crippen molar-refractivity contribution in [3.8, 4) is 5.75 Å². The maximum absolute atomic E-state index is 13.0. The number of nitrogens with zero attached hydrogens (tertiary/aromatic N) is 3. The molecule has 1 aliphatic carbocycles. The summed E-state index contributed by atoms with van der Waals surface area (Å²) in [5.74, 6) is 1.62. The van der Waals surface area contributed by atoms with Gasteiger partial charge in [-0.05, 0) is 43.7 Å². The summed E-state index contributed by atoms with van der Waals surface area (Å²) in [6.45, 7) is 3.75. The summed E-state index contributed by atoms with van der Waals surface area (Å²) in [5, 5.41) is 0. The second-order valence-corrected chi connectivity index (χ2v) is 9.32. The molecule has 1 aromatic rings. The summed E-state index contributed by atoms with van der Waals surface area (Å²) in [5.41, 5.74) is 0. The van der Waals surface area contributed by atoms with Gasteiger partial charge in [0, 0.05) is 51.6 Å². The first-order valence-electron chi connectivity index (χ1n) is 12.1. The fraction of sp³-hybridized carbons (Fsp3) is 0.640. The predicted octanol–water partition coefficient (Wildman–Crippen LogP) is 2.56. The Morgan fingerprint density at radius 1 is 0.750 bits per heavy atom. The number of hydrogen-bond donors (Lipinski definition) is 0. The smallest absolute Gasteiger partial charge is 0.260 e. The number of carbonyl (C=O) groups is 3. The standard InChI is InChI=1S/C25H35N3O4/c29-23(18-20-6-4-5-7-20)27-14-16-28(17-15-27)25(31)21-10-12-26(13-11-21)24(30)19-32-22-8-2-1-3-9-22/h1-3,8-9,20-21H,4-7,10-19H2. The molecule has 1 saturated carbocycles. The van der Waals surface area contributed by atoms with Crippen LogP contribution in [-0.4, -0.2) is 78.3 Å². The Balaban J connectivity index is 1.16. The number of para-hydroxylation sites is 1. The second-order valence-electron chi connectivity index (χ2n) is 9.32. The number of amides is 3. The molecule has 3 fully saturated rings. The van der Waals surface area contributed by atoms with Crippen molar-refractivity contribution in [3.63, 3.8) is 0 Å². The average Bonchev–Trinajstić information content (AvgIpc) is 3.36. The maximum atomic E-state index is 13.0. The number of ether oxygens (including phenoxy) is 1. The van der Waals surface area contributed by atoms with E-state index < -0.39 is 0 Å². The summed E-state index contributed by atoms with van der Waals surface area (Å²) in [6, 6.07) is 9.33. The number of rotatable bonds is 6. The number of likely N-dealkylation sites (tertiary alicyclic amines) is 1. The highest BCUT2D eigenvalue weighted by atomic mass is 16.5. The number of benzene rings is 1. The Hall–Kier alpha value is -2.57. The van der Waals surface area contributed by atoms with Crippen molar-refractivity contribution < 1.29 is 19.1 Å². The first-order chi connectivity index (χ1) is 15.6. The van der Waals surface area contributed by atoms with Crippen LogP contribution in [0.3, 0.4) is 0 Å². The fourth-order valence-corrected chi connectivity index (χ4v) is 5.15. The highest BCUT2D eigenvalue weighted by Crippen LogP contribution is 2.28. The molecule has 0 atom stereocenters. The summed E-state index contributed by atoms with van der Waals surface area (Å²) < 4.78 is 5.56. The fourth-order valence-electron chi connectivity index (χ4n) is 5.15. The zero-order chi connectivity index (χ0) is 22.3. The van der Waals surface area contributed by atoms with E-state index >= 15 is 0 Å². The molecule has 32 heavy (non-hydrogen) atoms. The van der Waals surface area contributed by atoms with Crippen LogP contribution in [0, 0.1) is 11.8 Å². The van der Waals surface area contributed by atoms with Crippen molar-refractivity contribution in [2.75, 3.05) is 45.9 Å². The van der Waals surface area contributed by atoms with Crippen LogP contribution in [0.4, 0.5) is 0 Å². The number of carbonyl (C=O) groups excluding carboxylic acids is 3. The lowest BCUT2D eigenvalue weighted by molar-refractivity contribution is -0.145. The van der Waals surface area contributed by atoms with Crippen LogP contribution in [0.1, 0.15) is 44.9 Å². The van der Waals surface area contributed by atoms with Crippen LogP contribution in [0.15, 0.2) is 30.3 Å². The van der Waals surface area contributed by atoms with Gasteiger partial charge in [0.2, 0.25) is 11.8 Å². The quantitative estimate of drug-likeness (QED) is 0.680. The third-order valence-corrected chi connectivity index (χ3v) is 7.18. The lowest BCUT2D eigenvalue weighted by Crippen LogP contribution is -2.53. The molecular weight excluding hydrogens is 406 g/mol. The molecule has 3 amide bonds. The van der Waals surface area contributed by atoms with E-state index in [1.165, 1.54) is 25.7 Å². The number of hydrogen-bond acceptors (Lipinski definition) is 4. The molecule has 1 aromatic carbocycles. The van der Waals surface area contributed by atoms with Gasteiger partial charge in [-0.3, -0.25) is 14.4 Å². The van der Waals surface area contributed by atoms with Crippen molar-refractivity contribution in [1.29, 1.82) is 0 Å². The van der Waals surface area contributed by atoms with E-state index in [1.807, 2.05) is 40.1 Å². The predicted molar refractivity (Wildman–Crippen MR) is 121 cm³/mol. The Morgan fingerprint density at radius 2 is 1.34 bits per heavy atom. The molecule has 2 aliphatic heterocycles. The summed E-state index contributed by atoms with van der Waals surface area (Å²) in [7, 11) is 0. The van der Waals surface area contributed by atoms with E-state index in [0.29, 0.717) is 70.2 Å². The molecule has 7 heteroatoms. The monoisotopic (exact) mass is 441 g/mol. The van der Waals surface area contributed by atoms with Crippen LogP contribution in [0.2, 0.25) is 0 Å². The minimum Gasteiger partial charge on any atom is -0.484 e. The van der Waals surface area contributed by atoms with Crippen LogP contribution in [0.5, 0.6) is 5.75 Å². The molecule has 0 spiro atoms. The normalized spacial score (nSPS) is 20.4. The van der Waals surface area contributed by atoms with Crippen molar-refractivity contribution >= 4 is 17.7 Å². The second kappa shape index (κ2) is 10.8. The van der Waals surface area contributed by atoms with Crippen LogP contribution in [-0.2, 0) is 14.4 Å². The van der Waals surface area contributed by atoms with Crippen molar-refractivity contribution in [2.45, 2.75) is 44.9 Å². The van der Waals surface area contributed by atoms with E-state index in [9.17, 15) is 14.4 Å². The highest BCUT2D eigenvalue weighted by Gasteiger charge is 2.33. The number of piperidine rings is 1. The minimum atomic E-state index is -0.0332. The molecule has 0 N–H and O–H groups in total. The average molecular weight is 442 g/mol. The Bertz CT molecular complexity index is 778. The first kappa shape index (κ1) is 22.6. The zero-order valence-electron chi connectivity index (χ0n) is 18.9. The summed E-state index contributed by atoms with van der Waals surface area (Å²) in [6.07, 6.45) is 6.94. The van der Waals surface area contributed by atoms with Crippen molar-refractivity contribution in [3.05, 3.63) is 30.3 Å². The van der Waals surface area contributed by atoms with Gasteiger partial charge in [-0.15, -0.1) is 0 Å². The largest absolute Gasteiger partial charge is 0.484 e. The third kappa shape index (κ3) is 5.81. The molecule has 0 radical (unpaired) electrons. The minimum absolute atomic E-state index is 0.0273. The lowest BCUT2D eigenvalue weighted by atomic mass is 9.95.